The molecule has 2 N–H and O–H groups in total. The quantitative estimate of drug-likeness (QED) is 0.880. The second-order valence-corrected chi connectivity index (χ2v) is 7.87. The van der Waals surface area contributed by atoms with Gasteiger partial charge in [0.1, 0.15) is 0 Å². The van der Waals surface area contributed by atoms with Crippen molar-refractivity contribution in [1.29, 1.82) is 0 Å². The van der Waals surface area contributed by atoms with Crippen LogP contribution in [0.2, 0.25) is 0 Å². The molecular weight excluding hydrogens is 276 g/mol. The molecule has 1 aromatic rings. The summed E-state index contributed by atoms with van der Waals surface area (Å²) < 4.78 is 0. The number of amides is 1. The minimum absolute atomic E-state index is 0.0401. The van der Waals surface area contributed by atoms with Crippen molar-refractivity contribution in [3.63, 3.8) is 0 Å². The molecule has 3 nitrogen and oxygen atoms in total. The first-order valence-electron chi connectivity index (χ1n) is 6.89. The van der Waals surface area contributed by atoms with Crippen molar-refractivity contribution in [3.05, 3.63) is 21.4 Å². The lowest BCUT2D eigenvalue weighted by Crippen LogP contribution is -2.52. The van der Waals surface area contributed by atoms with Crippen LogP contribution in [0.1, 0.15) is 39.9 Å². The highest BCUT2D eigenvalue weighted by atomic mass is 32.2. The van der Waals surface area contributed by atoms with Crippen LogP contribution >= 0.6 is 23.1 Å². The van der Waals surface area contributed by atoms with Crippen molar-refractivity contribution in [2.45, 2.75) is 37.5 Å². The first kappa shape index (κ1) is 13.5. The third kappa shape index (κ3) is 2.98. The molecule has 3 rings (SSSR count). The van der Waals surface area contributed by atoms with E-state index >= 15 is 0 Å². The molecule has 19 heavy (non-hydrogen) atoms. The first-order chi connectivity index (χ1) is 9.16. The number of thioether (sulfide) groups is 1. The highest BCUT2D eigenvalue weighted by molar-refractivity contribution is 7.98. The maximum Gasteiger partial charge on any atom is 0.261 e. The Morgan fingerprint density at radius 3 is 2.95 bits per heavy atom. The number of carbonyl (C=O) groups excluding carboxylic acids is 1. The summed E-state index contributed by atoms with van der Waals surface area (Å²) in [6.07, 6.45) is 3.15. The summed E-state index contributed by atoms with van der Waals surface area (Å²) in [5, 5.41) is 6.59. The van der Waals surface area contributed by atoms with E-state index in [0.717, 1.165) is 43.0 Å². The summed E-state index contributed by atoms with van der Waals surface area (Å²) in [5.41, 5.74) is 1.34. The standard InChI is InChI=1S/C14H20N2OS2/c1-14(3-5-15-6-4-14)16-13(17)12-8-10-9-18-7-2-11(10)19-12/h8,15H,2-7,9H2,1H3,(H,16,17). The molecule has 1 amide bonds. The predicted molar refractivity (Wildman–Crippen MR) is 82.2 cm³/mol. The lowest BCUT2D eigenvalue weighted by molar-refractivity contribution is 0.0892. The van der Waals surface area contributed by atoms with E-state index in [1.54, 1.807) is 11.3 Å². The topological polar surface area (TPSA) is 41.1 Å². The fourth-order valence-corrected chi connectivity index (χ4v) is 4.97. The van der Waals surface area contributed by atoms with Crippen molar-refractivity contribution in [2.75, 3.05) is 18.8 Å². The predicted octanol–water partition coefficient (Wildman–Crippen LogP) is 2.41. The Morgan fingerprint density at radius 1 is 1.42 bits per heavy atom. The first-order valence-corrected chi connectivity index (χ1v) is 8.86. The molecule has 0 unspecified atom stereocenters. The van der Waals surface area contributed by atoms with Crippen molar-refractivity contribution in [2.24, 2.45) is 0 Å². The van der Waals surface area contributed by atoms with Crippen molar-refractivity contribution >= 4 is 29.0 Å². The van der Waals surface area contributed by atoms with E-state index in [4.69, 9.17) is 0 Å². The zero-order chi connectivity index (χ0) is 13.3. The second kappa shape index (κ2) is 5.46. The zero-order valence-electron chi connectivity index (χ0n) is 11.3. The van der Waals surface area contributed by atoms with Gasteiger partial charge in [-0.05, 0) is 56.7 Å². The van der Waals surface area contributed by atoms with Crippen LogP contribution < -0.4 is 10.6 Å². The van der Waals surface area contributed by atoms with Crippen LogP contribution in [0.25, 0.3) is 0 Å². The summed E-state index contributed by atoms with van der Waals surface area (Å²) in [6, 6.07) is 2.10. The second-order valence-electron chi connectivity index (χ2n) is 5.63. The highest BCUT2D eigenvalue weighted by Crippen LogP contribution is 2.32. The molecule has 1 aromatic heterocycles. The lowest BCUT2D eigenvalue weighted by Gasteiger charge is -2.34. The molecule has 0 bridgehead atoms. The SMILES string of the molecule is CC1(NC(=O)c2cc3c(s2)CCSC3)CCNCC1. The Kier molecular flexibility index (Phi) is 3.87. The Labute approximate surface area is 122 Å². The van der Waals surface area contributed by atoms with Crippen molar-refractivity contribution < 1.29 is 4.79 Å². The lowest BCUT2D eigenvalue weighted by atomic mass is 9.90. The molecular formula is C14H20N2OS2. The normalized spacial score (nSPS) is 21.7. The van der Waals surface area contributed by atoms with E-state index in [2.05, 4.69) is 23.6 Å². The molecule has 1 fully saturated rings. The van der Waals surface area contributed by atoms with Crippen LogP contribution in [0, 0.1) is 0 Å². The minimum Gasteiger partial charge on any atom is -0.346 e. The van der Waals surface area contributed by atoms with Crippen LogP contribution in [0.3, 0.4) is 0 Å². The maximum atomic E-state index is 12.4. The van der Waals surface area contributed by atoms with Crippen LogP contribution in [0.5, 0.6) is 0 Å². The van der Waals surface area contributed by atoms with Gasteiger partial charge < -0.3 is 10.6 Å². The molecule has 0 atom stereocenters. The fraction of sp³-hybridized carbons (Fsp3) is 0.643. The fourth-order valence-electron chi connectivity index (χ4n) is 2.70. The van der Waals surface area contributed by atoms with Gasteiger partial charge in [0.05, 0.1) is 4.88 Å². The van der Waals surface area contributed by atoms with Gasteiger partial charge in [-0.2, -0.15) is 11.8 Å². The molecule has 1 saturated heterocycles. The summed E-state index contributed by atoms with van der Waals surface area (Å²) >= 11 is 3.65. The van der Waals surface area contributed by atoms with Gasteiger partial charge in [0, 0.05) is 16.2 Å². The smallest absolute Gasteiger partial charge is 0.261 e. The van der Waals surface area contributed by atoms with E-state index < -0.39 is 0 Å². The Hall–Kier alpha value is -0.520. The Balaban J connectivity index is 1.71. The summed E-state index contributed by atoms with van der Waals surface area (Å²) in [5.74, 6) is 2.38. The number of piperidine rings is 1. The number of nitrogens with one attached hydrogen (secondary N) is 2. The van der Waals surface area contributed by atoms with Gasteiger partial charge >= 0.3 is 0 Å². The van der Waals surface area contributed by atoms with E-state index in [1.807, 2.05) is 11.8 Å². The van der Waals surface area contributed by atoms with Gasteiger partial charge in [-0.1, -0.05) is 0 Å². The number of thiophene rings is 1. The molecule has 0 aliphatic carbocycles. The summed E-state index contributed by atoms with van der Waals surface area (Å²) in [7, 11) is 0. The number of carbonyl (C=O) groups is 1. The Morgan fingerprint density at radius 2 is 2.21 bits per heavy atom. The van der Waals surface area contributed by atoms with Gasteiger partial charge in [0.15, 0.2) is 0 Å². The maximum absolute atomic E-state index is 12.4. The molecule has 0 spiro atoms. The summed E-state index contributed by atoms with van der Waals surface area (Å²) in [6.45, 7) is 4.15. The molecule has 2 aliphatic rings. The van der Waals surface area contributed by atoms with Crippen molar-refractivity contribution in [1.82, 2.24) is 10.6 Å². The van der Waals surface area contributed by atoms with E-state index in [9.17, 15) is 4.79 Å². The monoisotopic (exact) mass is 296 g/mol. The third-order valence-corrected chi connectivity index (χ3v) is 6.22. The van der Waals surface area contributed by atoms with Crippen LogP contribution in [-0.2, 0) is 12.2 Å². The average Bonchev–Trinajstić information content (AvgIpc) is 2.83. The number of aryl methyl sites for hydroxylation is 1. The molecule has 104 valence electrons. The number of fused-ring (bicyclic) bond motifs is 1. The van der Waals surface area contributed by atoms with E-state index in [-0.39, 0.29) is 11.4 Å². The highest BCUT2D eigenvalue weighted by Gasteiger charge is 2.29. The minimum atomic E-state index is -0.0401. The van der Waals surface area contributed by atoms with Gasteiger partial charge in [0.25, 0.3) is 5.91 Å². The van der Waals surface area contributed by atoms with E-state index in [0.29, 0.717) is 0 Å². The number of hydrogen-bond donors (Lipinski definition) is 2. The zero-order valence-corrected chi connectivity index (χ0v) is 12.9. The molecule has 3 heterocycles. The van der Waals surface area contributed by atoms with Crippen molar-refractivity contribution in [3.8, 4) is 0 Å². The number of hydrogen-bond acceptors (Lipinski definition) is 4. The summed E-state index contributed by atoms with van der Waals surface area (Å²) in [4.78, 5) is 14.7. The Bertz CT molecular complexity index is 454. The van der Waals surface area contributed by atoms with Gasteiger partial charge in [-0.3, -0.25) is 4.79 Å². The van der Waals surface area contributed by atoms with Gasteiger partial charge in [-0.15, -0.1) is 11.3 Å². The van der Waals surface area contributed by atoms with Gasteiger partial charge in [-0.25, -0.2) is 0 Å². The van der Waals surface area contributed by atoms with Crippen LogP contribution in [0.4, 0.5) is 0 Å². The van der Waals surface area contributed by atoms with Crippen LogP contribution in [0.15, 0.2) is 6.07 Å². The molecule has 0 radical (unpaired) electrons. The molecule has 2 aliphatic heterocycles. The molecule has 0 aromatic carbocycles. The van der Waals surface area contributed by atoms with E-state index in [1.165, 1.54) is 16.2 Å². The van der Waals surface area contributed by atoms with Crippen LogP contribution in [-0.4, -0.2) is 30.3 Å². The number of rotatable bonds is 2. The molecule has 5 heteroatoms. The third-order valence-electron chi connectivity index (χ3n) is 3.97. The largest absolute Gasteiger partial charge is 0.346 e. The average molecular weight is 296 g/mol. The van der Waals surface area contributed by atoms with Gasteiger partial charge in [0.2, 0.25) is 0 Å². The molecule has 0 saturated carbocycles.